The van der Waals surface area contributed by atoms with Gasteiger partial charge in [0, 0.05) is 66.2 Å². The number of carbonyl (C=O) groups is 1. The minimum atomic E-state index is -4.00. The smallest absolute Gasteiger partial charge is 0.264 e. The number of nitrogens with zero attached hydrogens (tertiary/aromatic N) is 3. The van der Waals surface area contributed by atoms with Crippen molar-refractivity contribution in [3.05, 3.63) is 132 Å². The number of allylic oxidation sites excluding steroid dienone is 8. The van der Waals surface area contributed by atoms with Gasteiger partial charge in [0.15, 0.2) is 5.71 Å². The molecule has 10 heteroatoms. The lowest BCUT2D eigenvalue weighted by atomic mass is 9.79. The second-order valence-electron chi connectivity index (χ2n) is 16.4. The summed E-state index contributed by atoms with van der Waals surface area (Å²) in [6, 6.07) is 25.9. The summed E-state index contributed by atoms with van der Waals surface area (Å²) >= 11 is 6.96. The van der Waals surface area contributed by atoms with Crippen LogP contribution < -0.4 is 4.90 Å². The van der Waals surface area contributed by atoms with Crippen LogP contribution >= 0.6 is 24.0 Å². The van der Waals surface area contributed by atoms with E-state index in [1.807, 2.05) is 0 Å². The Bertz CT molecular complexity index is 2510. The average Bonchev–Trinajstić information content (AvgIpc) is 3.79. The van der Waals surface area contributed by atoms with Crippen LogP contribution in [0.25, 0.3) is 21.5 Å². The maximum atomic E-state index is 12.7. The summed E-state index contributed by atoms with van der Waals surface area (Å²) < 4.78 is 35.4. The van der Waals surface area contributed by atoms with Crippen molar-refractivity contribution in [2.75, 3.05) is 36.0 Å². The Morgan fingerprint density at radius 2 is 1.48 bits per heavy atom. The zero-order chi connectivity index (χ0) is 41.1. The van der Waals surface area contributed by atoms with Gasteiger partial charge in [-0.2, -0.15) is 13.0 Å². The molecule has 302 valence electrons. The SMILES string of the molecule is CC1(C)C(=CC=CC=CC=CC2=[N+](CCCCCC(=O)N3CCSC3=S)c3ccc4ccccc4c3C2(C)C)N(CCCCS(=O)(=O)O)c2ccc3ccccc3c21. The van der Waals surface area contributed by atoms with E-state index in [9.17, 15) is 17.8 Å². The molecule has 3 aliphatic heterocycles. The Kier molecular flexibility index (Phi) is 12.6. The zero-order valence-electron chi connectivity index (χ0n) is 34.0. The first kappa shape index (κ1) is 41.8. The lowest BCUT2D eigenvalue weighted by molar-refractivity contribution is -0.438. The number of unbranched alkanes of at least 4 members (excludes halogenated alkanes) is 3. The molecule has 58 heavy (non-hydrogen) atoms. The molecular weight excluding hydrogens is 779 g/mol. The van der Waals surface area contributed by atoms with Crippen molar-refractivity contribution in [3.63, 3.8) is 0 Å². The summed E-state index contributed by atoms with van der Waals surface area (Å²) in [6.07, 6.45) is 19.2. The van der Waals surface area contributed by atoms with Crippen molar-refractivity contribution in [2.24, 2.45) is 0 Å². The van der Waals surface area contributed by atoms with Crippen molar-refractivity contribution in [2.45, 2.75) is 77.0 Å². The Morgan fingerprint density at radius 3 is 2.19 bits per heavy atom. The van der Waals surface area contributed by atoms with E-state index in [-0.39, 0.29) is 22.5 Å². The summed E-state index contributed by atoms with van der Waals surface area (Å²) in [5.41, 5.74) is 6.94. The van der Waals surface area contributed by atoms with Gasteiger partial charge in [0.05, 0.1) is 11.2 Å². The number of fused-ring (bicyclic) bond motifs is 6. The third kappa shape index (κ3) is 8.67. The van der Waals surface area contributed by atoms with Crippen LogP contribution in [0.5, 0.6) is 0 Å². The summed E-state index contributed by atoms with van der Waals surface area (Å²) in [4.78, 5) is 16.8. The van der Waals surface area contributed by atoms with Gasteiger partial charge >= 0.3 is 0 Å². The fraction of sp³-hybridized carbons (Fsp3) is 0.354. The second kappa shape index (κ2) is 17.5. The molecular formula is C48H54N3O4S3+. The number of hydrogen-bond acceptors (Lipinski definition) is 6. The molecule has 0 aliphatic carbocycles. The largest absolute Gasteiger partial charge is 0.344 e. The number of amides is 1. The zero-order valence-corrected chi connectivity index (χ0v) is 36.4. The molecule has 1 fully saturated rings. The van der Waals surface area contributed by atoms with Gasteiger partial charge in [-0.15, -0.1) is 0 Å². The van der Waals surface area contributed by atoms with E-state index in [2.05, 4.69) is 152 Å². The molecule has 3 heterocycles. The Hall–Kier alpha value is -4.35. The first-order valence-corrected chi connectivity index (χ1v) is 23.4. The van der Waals surface area contributed by atoms with E-state index in [1.165, 1.54) is 44.1 Å². The predicted octanol–water partition coefficient (Wildman–Crippen LogP) is 10.8. The molecule has 0 unspecified atom stereocenters. The molecule has 4 aromatic rings. The fourth-order valence-electron chi connectivity index (χ4n) is 9.07. The number of anilines is 1. The Balaban J connectivity index is 1.09. The lowest BCUT2D eigenvalue weighted by Crippen LogP contribution is -2.30. The van der Waals surface area contributed by atoms with Gasteiger partial charge in [-0.3, -0.25) is 14.2 Å². The highest BCUT2D eigenvalue weighted by Crippen LogP contribution is 2.51. The minimum Gasteiger partial charge on any atom is -0.344 e. The Morgan fingerprint density at radius 1 is 0.810 bits per heavy atom. The van der Waals surface area contributed by atoms with Gasteiger partial charge in [0.1, 0.15) is 10.9 Å². The number of thiocarbonyl (C=S) groups is 1. The summed E-state index contributed by atoms with van der Waals surface area (Å²) in [5, 5.41) is 4.94. The molecule has 1 amide bonds. The average molecular weight is 833 g/mol. The Labute approximate surface area is 353 Å². The van der Waals surface area contributed by atoms with Crippen LogP contribution in [-0.2, 0) is 25.7 Å². The molecule has 0 radical (unpaired) electrons. The van der Waals surface area contributed by atoms with Crippen LogP contribution in [0.3, 0.4) is 0 Å². The van der Waals surface area contributed by atoms with E-state index >= 15 is 0 Å². The first-order valence-electron chi connectivity index (χ1n) is 20.4. The number of carbonyl (C=O) groups excluding carboxylic acids is 1. The molecule has 7 rings (SSSR count). The van der Waals surface area contributed by atoms with Gasteiger partial charge in [-0.05, 0) is 84.8 Å². The number of rotatable bonds is 15. The number of thioether (sulfide) groups is 1. The lowest BCUT2D eigenvalue weighted by Gasteiger charge is -2.27. The normalized spacial score (nSPS) is 18.4. The minimum absolute atomic E-state index is 0.151. The van der Waals surface area contributed by atoms with Crippen molar-refractivity contribution < 1.29 is 22.3 Å². The summed E-state index contributed by atoms with van der Waals surface area (Å²) in [5.74, 6) is 0.812. The van der Waals surface area contributed by atoms with Crippen molar-refractivity contribution in [1.82, 2.24) is 4.90 Å². The van der Waals surface area contributed by atoms with Crippen molar-refractivity contribution in [3.8, 4) is 0 Å². The molecule has 0 bridgehead atoms. The van der Waals surface area contributed by atoms with Crippen LogP contribution in [0.2, 0.25) is 0 Å². The van der Waals surface area contributed by atoms with Crippen molar-refractivity contribution >= 4 is 83.0 Å². The molecule has 7 nitrogen and oxygen atoms in total. The van der Waals surface area contributed by atoms with E-state index < -0.39 is 10.1 Å². The van der Waals surface area contributed by atoms with Crippen LogP contribution in [0.15, 0.2) is 121 Å². The molecule has 0 spiro atoms. The third-order valence-electron chi connectivity index (χ3n) is 11.8. The second-order valence-corrected chi connectivity index (χ2v) is 19.7. The highest BCUT2D eigenvalue weighted by atomic mass is 32.2. The van der Waals surface area contributed by atoms with E-state index in [4.69, 9.17) is 12.2 Å². The summed E-state index contributed by atoms with van der Waals surface area (Å²) in [7, 11) is -4.00. The maximum Gasteiger partial charge on any atom is 0.264 e. The quantitative estimate of drug-likeness (QED) is 0.0420. The maximum absolute atomic E-state index is 12.7. The van der Waals surface area contributed by atoms with E-state index in [0.29, 0.717) is 30.1 Å². The highest BCUT2D eigenvalue weighted by molar-refractivity contribution is 8.23. The van der Waals surface area contributed by atoms with Crippen molar-refractivity contribution in [1.29, 1.82) is 0 Å². The van der Waals surface area contributed by atoms with Gasteiger partial charge in [-0.1, -0.05) is 123 Å². The number of benzene rings is 4. The molecule has 1 N–H and O–H groups in total. The molecule has 1 saturated heterocycles. The summed E-state index contributed by atoms with van der Waals surface area (Å²) in [6.45, 7) is 11.4. The highest BCUT2D eigenvalue weighted by Gasteiger charge is 2.45. The van der Waals surface area contributed by atoms with Crippen LogP contribution in [-0.4, -0.2) is 69.5 Å². The standard InChI is InChI=1S/C48H53N3O4S3/c1-47(2)41(49(39-28-26-35-19-12-14-21-37(35)44(39)47)30-16-8-11-25-43(52)51-32-33-57-46(51)56)23-9-6-5-7-10-24-42-48(3,4)45-38-22-15-13-20-36(38)27-29-40(45)50(42)31-17-18-34-58(53,54)55/h5-7,9-10,12-15,19-24,26-29H,8,11,16-18,25,30-34H2,1-4H3/p+1. The van der Waals surface area contributed by atoms with Crippen LogP contribution in [0, 0.1) is 0 Å². The van der Waals surface area contributed by atoms with Gasteiger partial charge in [0.25, 0.3) is 10.1 Å². The van der Waals surface area contributed by atoms with Gasteiger partial charge < -0.3 is 4.90 Å². The topological polar surface area (TPSA) is 80.9 Å². The first-order chi connectivity index (χ1) is 27.8. The molecule has 0 aromatic heterocycles. The molecule has 0 atom stereocenters. The van der Waals surface area contributed by atoms with Crippen LogP contribution in [0.1, 0.15) is 77.3 Å². The van der Waals surface area contributed by atoms with Crippen LogP contribution in [0.4, 0.5) is 11.4 Å². The predicted molar refractivity (Wildman–Crippen MR) is 247 cm³/mol. The van der Waals surface area contributed by atoms with Gasteiger partial charge in [0.2, 0.25) is 11.6 Å². The molecule has 0 saturated carbocycles. The van der Waals surface area contributed by atoms with E-state index in [0.717, 1.165) is 49.5 Å². The third-order valence-corrected chi connectivity index (χ3v) is 14.1. The fourth-order valence-corrected chi connectivity index (χ4v) is 10.9. The van der Waals surface area contributed by atoms with Gasteiger partial charge in [-0.25, -0.2) is 0 Å². The molecule has 4 aromatic carbocycles. The number of hydrogen-bond donors (Lipinski definition) is 1. The van der Waals surface area contributed by atoms with E-state index in [1.54, 1.807) is 16.7 Å². The molecule has 3 aliphatic rings. The monoisotopic (exact) mass is 832 g/mol.